The van der Waals surface area contributed by atoms with Gasteiger partial charge in [-0.2, -0.15) is 0 Å². The van der Waals surface area contributed by atoms with E-state index >= 15 is 0 Å². The lowest BCUT2D eigenvalue weighted by Crippen LogP contribution is -2.50. The molecule has 1 aromatic rings. The molecule has 6 heteroatoms. The molecular formula is C18H28N4O2. The zero-order valence-electron chi connectivity index (χ0n) is 14.6. The molecule has 1 aromatic heterocycles. The van der Waals surface area contributed by atoms with Crippen molar-refractivity contribution in [3.63, 3.8) is 0 Å². The Balaban J connectivity index is 1.40. The molecule has 1 saturated carbocycles. The van der Waals surface area contributed by atoms with Gasteiger partial charge in [-0.3, -0.25) is 0 Å². The van der Waals surface area contributed by atoms with Gasteiger partial charge in [0.15, 0.2) is 0 Å². The van der Waals surface area contributed by atoms with E-state index in [1.807, 2.05) is 13.1 Å². The average Bonchev–Trinajstić information content (AvgIpc) is 3.04. The molecule has 6 nitrogen and oxygen atoms in total. The van der Waals surface area contributed by atoms with Crippen LogP contribution in [0, 0.1) is 6.92 Å². The Morgan fingerprint density at radius 3 is 2.54 bits per heavy atom. The second-order valence-corrected chi connectivity index (χ2v) is 6.94. The van der Waals surface area contributed by atoms with Gasteiger partial charge in [0.05, 0.1) is 6.10 Å². The number of rotatable bonds is 4. The number of methoxy groups -OCH3 is 1. The fourth-order valence-electron chi connectivity index (χ4n) is 3.60. The molecule has 24 heavy (non-hydrogen) atoms. The van der Waals surface area contributed by atoms with Gasteiger partial charge in [0.2, 0.25) is 0 Å². The number of pyridine rings is 1. The molecule has 2 heterocycles. The summed E-state index contributed by atoms with van der Waals surface area (Å²) < 4.78 is 5.35. The maximum absolute atomic E-state index is 12.2. The van der Waals surface area contributed by atoms with E-state index in [1.165, 1.54) is 5.56 Å². The third-order valence-corrected chi connectivity index (χ3v) is 5.10. The fourth-order valence-corrected chi connectivity index (χ4v) is 3.60. The number of hydrogen-bond donors (Lipinski definition) is 2. The largest absolute Gasteiger partial charge is 0.381 e. The van der Waals surface area contributed by atoms with Crippen molar-refractivity contribution in [2.24, 2.45) is 0 Å². The quantitative estimate of drug-likeness (QED) is 0.887. The first-order valence-corrected chi connectivity index (χ1v) is 8.91. The van der Waals surface area contributed by atoms with Gasteiger partial charge >= 0.3 is 6.03 Å². The first kappa shape index (κ1) is 17.0. The standard InChI is InChI=1S/C18H28N4O2/c1-13-3-6-17(19-12-13)22-9-7-14(8-10-22)20-18(23)21-15-4-5-16(11-15)24-2/h3,6,12,14-16H,4-5,7-11H2,1-2H3,(H2,20,21,23). The number of carbonyl (C=O) groups excluding carboxylic acids is 1. The first-order valence-electron chi connectivity index (χ1n) is 8.91. The van der Waals surface area contributed by atoms with Crippen molar-refractivity contribution >= 4 is 11.8 Å². The van der Waals surface area contributed by atoms with E-state index in [4.69, 9.17) is 4.74 Å². The van der Waals surface area contributed by atoms with Gasteiger partial charge in [-0.25, -0.2) is 9.78 Å². The van der Waals surface area contributed by atoms with Crippen molar-refractivity contribution in [2.45, 2.75) is 57.2 Å². The second kappa shape index (κ2) is 7.83. The molecule has 0 bridgehead atoms. The molecule has 1 aliphatic heterocycles. The van der Waals surface area contributed by atoms with Gasteiger partial charge in [-0.15, -0.1) is 0 Å². The highest BCUT2D eigenvalue weighted by Gasteiger charge is 2.27. The molecule has 2 unspecified atom stereocenters. The van der Waals surface area contributed by atoms with Gasteiger partial charge in [0.1, 0.15) is 5.82 Å². The molecule has 3 rings (SSSR count). The minimum atomic E-state index is -0.0383. The van der Waals surface area contributed by atoms with Gasteiger partial charge in [-0.1, -0.05) is 6.07 Å². The second-order valence-electron chi connectivity index (χ2n) is 6.94. The molecule has 2 N–H and O–H groups in total. The normalized spacial score (nSPS) is 24.8. The summed E-state index contributed by atoms with van der Waals surface area (Å²) >= 11 is 0. The first-order chi connectivity index (χ1) is 11.6. The van der Waals surface area contributed by atoms with E-state index in [0.717, 1.165) is 51.0 Å². The van der Waals surface area contributed by atoms with Gasteiger partial charge in [0, 0.05) is 38.5 Å². The van der Waals surface area contributed by atoms with E-state index in [1.54, 1.807) is 7.11 Å². The van der Waals surface area contributed by atoms with Gasteiger partial charge in [0.25, 0.3) is 0 Å². The van der Waals surface area contributed by atoms with Crippen molar-refractivity contribution < 1.29 is 9.53 Å². The third-order valence-electron chi connectivity index (χ3n) is 5.10. The number of carbonyl (C=O) groups is 1. The summed E-state index contributed by atoms with van der Waals surface area (Å²) in [4.78, 5) is 18.9. The van der Waals surface area contributed by atoms with Crippen molar-refractivity contribution in [3.8, 4) is 0 Å². The lowest BCUT2D eigenvalue weighted by atomic mass is 10.1. The molecule has 2 atom stereocenters. The van der Waals surface area contributed by atoms with Crippen LogP contribution in [0.2, 0.25) is 0 Å². The molecule has 0 spiro atoms. The highest BCUT2D eigenvalue weighted by Crippen LogP contribution is 2.21. The van der Waals surface area contributed by atoms with Crippen LogP contribution in [0.1, 0.15) is 37.7 Å². The van der Waals surface area contributed by atoms with E-state index in [9.17, 15) is 4.79 Å². The van der Waals surface area contributed by atoms with Gasteiger partial charge < -0.3 is 20.3 Å². The van der Waals surface area contributed by atoms with Crippen LogP contribution in [0.4, 0.5) is 10.6 Å². The summed E-state index contributed by atoms with van der Waals surface area (Å²) in [7, 11) is 1.74. The Bertz CT molecular complexity index is 540. The number of nitrogens with one attached hydrogen (secondary N) is 2. The lowest BCUT2D eigenvalue weighted by Gasteiger charge is -2.33. The minimum absolute atomic E-state index is 0.0383. The Morgan fingerprint density at radius 1 is 1.17 bits per heavy atom. The van der Waals surface area contributed by atoms with E-state index in [-0.39, 0.29) is 18.1 Å². The summed E-state index contributed by atoms with van der Waals surface area (Å²) in [5, 5.41) is 6.21. The summed E-state index contributed by atoms with van der Waals surface area (Å²) in [6.07, 6.45) is 7.06. The zero-order chi connectivity index (χ0) is 16.9. The zero-order valence-corrected chi connectivity index (χ0v) is 14.6. The van der Waals surface area contributed by atoms with Crippen molar-refractivity contribution in [2.75, 3.05) is 25.1 Å². The SMILES string of the molecule is COC1CCC(NC(=O)NC2CCN(c3ccc(C)cn3)CC2)C1. The summed E-state index contributed by atoms with van der Waals surface area (Å²) in [5.41, 5.74) is 1.18. The Hall–Kier alpha value is -1.82. The molecule has 2 fully saturated rings. The number of aryl methyl sites for hydroxylation is 1. The van der Waals surface area contributed by atoms with Crippen molar-refractivity contribution in [1.82, 2.24) is 15.6 Å². The van der Waals surface area contributed by atoms with Crippen LogP contribution in [0.25, 0.3) is 0 Å². The maximum Gasteiger partial charge on any atom is 0.315 e. The van der Waals surface area contributed by atoms with Crippen LogP contribution in [0.5, 0.6) is 0 Å². The predicted molar refractivity (Wildman–Crippen MR) is 94.3 cm³/mol. The Labute approximate surface area is 144 Å². The number of nitrogens with zero attached hydrogens (tertiary/aromatic N) is 2. The molecule has 1 saturated heterocycles. The number of hydrogen-bond acceptors (Lipinski definition) is 4. The van der Waals surface area contributed by atoms with Crippen molar-refractivity contribution in [1.29, 1.82) is 0 Å². The van der Waals surface area contributed by atoms with Crippen LogP contribution in [-0.4, -0.2) is 49.4 Å². The highest BCUT2D eigenvalue weighted by molar-refractivity contribution is 5.74. The van der Waals surface area contributed by atoms with E-state index in [2.05, 4.69) is 32.7 Å². The van der Waals surface area contributed by atoms with Crippen LogP contribution >= 0.6 is 0 Å². The summed E-state index contributed by atoms with van der Waals surface area (Å²) in [6.45, 7) is 3.90. The van der Waals surface area contributed by atoms with E-state index < -0.39 is 0 Å². The molecule has 2 aliphatic rings. The van der Waals surface area contributed by atoms with Crippen molar-refractivity contribution in [3.05, 3.63) is 23.9 Å². The molecule has 2 amide bonds. The van der Waals surface area contributed by atoms with E-state index in [0.29, 0.717) is 6.10 Å². The Kier molecular flexibility index (Phi) is 5.56. The third kappa shape index (κ3) is 4.38. The number of urea groups is 1. The smallest absolute Gasteiger partial charge is 0.315 e. The number of aromatic nitrogens is 1. The van der Waals surface area contributed by atoms with Crippen LogP contribution in [-0.2, 0) is 4.74 Å². The predicted octanol–water partition coefficient (Wildman–Crippen LogP) is 2.23. The summed E-state index contributed by atoms with van der Waals surface area (Å²) in [6, 6.07) is 4.61. The summed E-state index contributed by atoms with van der Waals surface area (Å²) in [5.74, 6) is 1.03. The highest BCUT2D eigenvalue weighted by atomic mass is 16.5. The molecule has 1 aliphatic carbocycles. The lowest BCUT2D eigenvalue weighted by molar-refractivity contribution is 0.107. The topological polar surface area (TPSA) is 66.5 Å². The molecule has 0 aromatic carbocycles. The Morgan fingerprint density at radius 2 is 1.92 bits per heavy atom. The van der Waals surface area contributed by atoms with Crippen LogP contribution in [0.3, 0.4) is 0 Å². The average molecular weight is 332 g/mol. The number of amides is 2. The monoisotopic (exact) mass is 332 g/mol. The molecule has 132 valence electrons. The minimum Gasteiger partial charge on any atom is -0.381 e. The number of ether oxygens (including phenoxy) is 1. The molecule has 0 radical (unpaired) electrons. The van der Waals surface area contributed by atoms with Crippen LogP contribution < -0.4 is 15.5 Å². The van der Waals surface area contributed by atoms with Gasteiger partial charge in [-0.05, 0) is 50.7 Å². The maximum atomic E-state index is 12.2. The van der Waals surface area contributed by atoms with Crippen LogP contribution in [0.15, 0.2) is 18.3 Å². The molecular weight excluding hydrogens is 304 g/mol. The number of anilines is 1. The number of piperidine rings is 1. The fraction of sp³-hybridized carbons (Fsp3) is 0.667.